The molecule has 0 saturated heterocycles. The number of nitrogens with one attached hydrogen (secondary N) is 2. The van der Waals surface area contributed by atoms with Crippen LogP contribution in [0.15, 0.2) is 0 Å². The average Bonchev–Trinajstić information content (AvgIpc) is 2.50. The maximum absolute atomic E-state index is 11.1. The molecule has 7 heteroatoms. The molecule has 1 aromatic heterocycles. The molecule has 0 saturated carbocycles. The van der Waals surface area contributed by atoms with Crippen LogP contribution >= 0.6 is 0 Å². The maximum Gasteiger partial charge on any atom is 0.243 e. The Kier molecular flexibility index (Phi) is 2.78. The van der Waals surface area contributed by atoms with Crippen molar-refractivity contribution < 1.29 is 4.79 Å². The number of aromatic nitrogens is 4. The van der Waals surface area contributed by atoms with Crippen LogP contribution in [0.3, 0.4) is 0 Å². The van der Waals surface area contributed by atoms with Crippen molar-refractivity contribution in [2.45, 2.75) is 13.0 Å². The molecular weight excluding hydrogens is 172 g/mol. The van der Waals surface area contributed by atoms with E-state index in [2.05, 4.69) is 26.2 Å². The van der Waals surface area contributed by atoms with E-state index in [9.17, 15) is 4.79 Å². The van der Waals surface area contributed by atoms with Crippen LogP contribution in [0.4, 0.5) is 5.95 Å². The van der Waals surface area contributed by atoms with Crippen molar-refractivity contribution >= 4 is 11.9 Å². The standard InChI is InChI=1S/C6H12N6O/c1-4(5(13)7-2)8-6-9-10-11-12(6)3/h4H,1-3H3,(H,7,13)(H,8,9,11)/t4-/m0/s1. The Hall–Kier alpha value is -1.66. The first-order chi connectivity index (χ1) is 6.15. The maximum atomic E-state index is 11.1. The summed E-state index contributed by atoms with van der Waals surface area (Å²) in [5.41, 5.74) is 0. The zero-order valence-electron chi connectivity index (χ0n) is 7.77. The predicted octanol–water partition coefficient (Wildman–Crippen LogP) is -1.24. The van der Waals surface area contributed by atoms with E-state index in [1.165, 1.54) is 4.68 Å². The number of carbonyl (C=O) groups is 1. The summed E-state index contributed by atoms with van der Waals surface area (Å²) in [5, 5.41) is 16.1. The third-order valence-corrected chi connectivity index (χ3v) is 1.61. The molecule has 13 heavy (non-hydrogen) atoms. The lowest BCUT2D eigenvalue weighted by molar-refractivity contribution is -0.121. The van der Waals surface area contributed by atoms with Gasteiger partial charge in [-0.15, -0.1) is 0 Å². The summed E-state index contributed by atoms with van der Waals surface area (Å²) in [7, 11) is 3.27. The second kappa shape index (κ2) is 3.83. The van der Waals surface area contributed by atoms with Crippen LogP contribution in [0, 0.1) is 0 Å². The van der Waals surface area contributed by atoms with E-state index >= 15 is 0 Å². The van der Waals surface area contributed by atoms with Gasteiger partial charge in [0.25, 0.3) is 0 Å². The summed E-state index contributed by atoms with van der Waals surface area (Å²) in [6.45, 7) is 1.73. The van der Waals surface area contributed by atoms with Crippen molar-refractivity contribution in [3.05, 3.63) is 0 Å². The molecule has 0 aliphatic heterocycles. The molecule has 1 rings (SSSR count). The molecular formula is C6H12N6O. The molecule has 1 atom stereocenters. The Morgan fingerprint density at radius 2 is 2.31 bits per heavy atom. The van der Waals surface area contributed by atoms with Gasteiger partial charge in [0.2, 0.25) is 11.9 Å². The predicted molar refractivity (Wildman–Crippen MR) is 45.9 cm³/mol. The van der Waals surface area contributed by atoms with E-state index < -0.39 is 0 Å². The highest BCUT2D eigenvalue weighted by atomic mass is 16.2. The van der Waals surface area contributed by atoms with Gasteiger partial charge in [-0.2, -0.15) is 0 Å². The van der Waals surface area contributed by atoms with Crippen LogP contribution in [-0.4, -0.2) is 39.2 Å². The van der Waals surface area contributed by atoms with E-state index in [4.69, 9.17) is 0 Å². The number of anilines is 1. The van der Waals surface area contributed by atoms with Crippen molar-refractivity contribution in [1.29, 1.82) is 0 Å². The number of rotatable bonds is 3. The van der Waals surface area contributed by atoms with E-state index in [0.717, 1.165) is 0 Å². The van der Waals surface area contributed by atoms with Crippen LogP contribution in [-0.2, 0) is 11.8 Å². The summed E-state index contributed by atoms with van der Waals surface area (Å²) in [4.78, 5) is 11.1. The minimum absolute atomic E-state index is 0.108. The number of tetrazole rings is 1. The lowest BCUT2D eigenvalue weighted by Crippen LogP contribution is -2.35. The van der Waals surface area contributed by atoms with Gasteiger partial charge in [-0.05, 0) is 17.4 Å². The summed E-state index contributed by atoms with van der Waals surface area (Å²) in [5.74, 6) is 0.360. The minimum Gasteiger partial charge on any atom is -0.357 e. The van der Waals surface area contributed by atoms with Gasteiger partial charge in [-0.1, -0.05) is 5.10 Å². The molecule has 0 aliphatic rings. The SMILES string of the molecule is CNC(=O)[C@H](C)Nc1nnnn1C. The second-order valence-corrected chi connectivity index (χ2v) is 2.61. The molecule has 7 nitrogen and oxygen atoms in total. The number of nitrogens with zero attached hydrogens (tertiary/aromatic N) is 4. The molecule has 1 amide bonds. The van der Waals surface area contributed by atoms with E-state index in [1.54, 1.807) is 21.0 Å². The van der Waals surface area contributed by atoms with Gasteiger partial charge < -0.3 is 10.6 Å². The first kappa shape index (κ1) is 9.43. The molecule has 2 N–H and O–H groups in total. The number of hydrogen-bond donors (Lipinski definition) is 2. The van der Waals surface area contributed by atoms with Gasteiger partial charge in [0.1, 0.15) is 6.04 Å². The molecule has 72 valence electrons. The largest absolute Gasteiger partial charge is 0.357 e. The first-order valence-electron chi connectivity index (χ1n) is 3.85. The monoisotopic (exact) mass is 184 g/mol. The van der Waals surface area contributed by atoms with E-state index in [-0.39, 0.29) is 11.9 Å². The van der Waals surface area contributed by atoms with Gasteiger partial charge in [-0.3, -0.25) is 4.79 Å². The molecule has 0 aliphatic carbocycles. The van der Waals surface area contributed by atoms with Crippen molar-refractivity contribution in [3.8, 4) is 0 Å². The molecule has 1 heterocycles. The fourth-order valence-electron chi connectivity index (χ4n) is 0.827. The number of aryl methyl sites for hydroxylation is 1. The van der Waals surface area contributed by atoms with Crippen molar-refractivity contribution in [2.24, 2.45) is 7.05 Å². The molecule has 0 radical (unpaired) electrons. The molecule has 0 spiro atoms. The van der Waals surface area contributed by atoms with Gasteiger partial charge in [0.05, 0.1) is 0 Å². The second-order valence-electron chi connectivity index (χ2n) is 2.61. The molecule has 0 fully saturated rings. The number of carbonyl (C=O) groups excluding carboxylic acids is 1. The smallest absolute Gasteiger partial charge is 0.243 e. The molecule has 1 aromatic rings. The Bertz CT molecular complexity index is 295. The van der Waals surface area contributed by atoms with E-state index in [1.807, 2.05) is 0 Å². The highest BCUT2D eigenvalue weighted by Crippen LogP contribution is 1.98. The fraction of sp³-hybridized carbons (Fsp3) is 0.667. The summed E-state index contributed by atoms with van der Waals surface area (Å²) in [6, 6.07) is -0.352. The van der Waals surface area contributed by atoms with E-state index in [0.29, 0.717) is 5.95 Å². The lowest BCUT2D eigenvalue weighted by Gasteiger charge is -2.10. The third-order valence-electron chi connectivity index (χ3n) is 1.61. The van der Waals surface area contributed by atoms with Crippen molar-refractivity contribution in [1.82, 2.24) is 25.5 Å². The van der Waals surface area contributed by atoms with Gasteiger partial charge in [-0.25, -0.2) is 4.68 Å². The highest BCUT2D eigenvalue weighted by Gasteiger charge is 2.12. The minimum atomic E-state index is -0.352. The fourth-order valence-corrected chi connectivity index (χ4v) is 0.827. The Morgan fingerprint density at radius 1 is 1.62 bits per heavy atom. The van der Waals surface area contributed by atoms with Gasteiger partial charge in [0, 0.05) is 14.1 Å². The highest BCUT2D eigenvalue weighted by molar-refractivity contribution is 5.83. The van der Waals surface area contributed by atoms with Crippen LogP contribution in [0.2, 0.25) is 0 Å². The Labute approximate surface area is 75.5 Å². The quantitative estimate of drug-likeness (QED) is 0.613. The topological polar surface area (TPSA) is 84.7 Å². The van der Waals surface area contributed by atoms with Crippen molar-refractivity contribution in [3.63, 3.8) is 0 Å². The van der Waals surface area contributed by atoms with Crippen molar-refractivity contribution in [2.75, 3.05) is 12.4 Å². The normalized spacial score (nSPS) is 12.2. The molecule has 0 bridgehead atoms. The summed E-state index contributed by atoms with van der Waals surface area (Å²) >= 11 is 0. The lowest BCUT2D eigenvalue weighted by atomic mass is 10.3. The molecule has 0 aromatic carbocycles. The third kappa shape index (κ3) is 2.14. The summed E-state index contributed by atoms with van der Waals surface area (Å²) in [6.07, 6.45) is 0. The van der Waals surface area contributed by atoms with Gasteiger partial charge in [0.15, 0.2) is 0 Å². The van der Waals surface area contributed by atoms with Crippen LogP contribution < -0.4 is 10.6 Å². The van der Waals surface area contributed by atoms with Crippen LogP contribution in [0.1, 0.15) is 6.92 Å². The van der Waals surface area contributed by atoms with Crippen LogP contribution in [0.5, 0.6) is 0 Å². The Balaban J connectivity index is 2.59. The number of likely N-dealkylation sites (N-methyl/N-ethyl adjacent to an activating group) is 1. The summed E-state index contributed by atoms with van der Waals surface area (Å²) < 4.78 is 1.46. The average molecular weight is 184 g/mol. The van der Waals surface area contributed by atoms with Gasteiger partial charge >= 0.3 is 0 Å². The van der Waals surface area contributed by atoms with Crippen LogP contribution in [0.25, 0.3) is 0 Å². The number of hydrogen-bond acceptors (Lipinski definition) is 5. The molecule has 0 unspecified atom stereocenters. The zero-order valence-corrected chi connectivity index (χ0v) is 7.77. The first-order valence-corrected chi connectivity index (χ1v) is 3.85. The zero-order chi connectivity index (χ0) is 9.84. The number of amides is 1. The Morgan fingerprint density at radius 3 is 2.77 bits per heavy atom.